The molecule has 4 amide bonds. The first-order valence-electron chi connectivity index (χ1n) is 9.32. The number of carbonyl (C=O) groups is 3. The lowest BCUT2D eigenvalue weighted by Crippen LogP contribution is -2.44. The fourth-order valence-electron chi connectivity index (χ4n) is 3.60. The minimum absolute atomic E-state index is 0.119. The Hall–Kier alpha value is -2.83. The summed E-state index contributed by atoms with van der Waals surface area (Å²) in [6, 6.07) is 6.52. The van der Waals surface area contributed by atoms with Gasteiger partial charge in [-0.1, -0.05) is 25.5 Å². The topological polar surface area (TPSA) is 87.7 Å². The molecule has 1 aromatic rings. The Bertz CT molecular complexity index is 723. The lowest BCUT2D eigenvalue weighted by molar-refractivity contribution is -0.131. The number of urea groups is 1. The van der Waals surface area contributed by atoms with Gasteiger partial charge in [-0.3, -0.25) is 14.5 Å². The van der Waals surface area contributed by atoms with E-state index in [-0.39, 0.29) is 17.8 Å². The molecule has 2 N–H and O–H groups in total. The molecule has 0 unspecified atom stereocenters. The van der Waals surface area contributed by atoms with Crippen molar-refractivity contribution in [2.24, 2.45) is 0 Å². The van der Waals surface area contributed by atoms with Crippen molar-refractivity contribution in [1.82, 2.24) is 15.5 Å². The highest BCUT2D eigenvalue weighted by molar-refractivity contribution is 6.07. The normalized spacial score (nSPS) is 17.9. The smallest absolute Gasteiger partial charge is 0.325 e. The summed E-state index contributed by atoms with van der Waals surface area (Å²) in [4.78, 5) is 38.1. The zero-order chi connectivity index (χ0) is 19.3. The molecule has 1 aromatic carbocycles. The van der Waals surface area contributed by atoms with Crippen LogP contribution < -0.4 is 15.4 Å². The molecule has 144 valence electrons. The molecule has 1 saturated carbocycles. The second kappa shape index (κ2) is 8.24. The van der Waals surface area contributed by atoms with Gasteiger partial charge in [-0.05, 0) is 43.5 Å². The van der Waals surface area contributed by atoms with Crippen molar-refractivity contribution in [3.63, 3.8) is 0 Å². The lowest BCUT2D eigenvalue weighted by Gasteiger charge is -2.20. The minimum Gasteiger partial charge on any atom is -0.490 e. The molecule has 0 aromatic heterocycles. The van der Waals surface area contributed by atoms with Gasteiger partial charge < -0.3 is 15.4 Å². The van der Waals surface area contributed by atoms with Crippen LogP contribution in [-0.4, -0.2) is 48.0 Å². The molecule has 1 spiro atoms. The van der Waals surface area contributed by atoms with Crippen molar-refractivity contribution in [2.45, 2.75) is 37.6 Å². The van der Waals surface area contributed by atoms with E-state index >= 15 is 0 Å². The third-order valence-electron chi connectivity index (χ3n) is 5.03. The van der Waals surface area contributed by atoms with E-state index in [1.54, 1.807) is 30.3 Å². The first kappa shape index (κ1) is 18.9. The number of nitrogens with one attached hydrogen (secondary N) is 2. The summed E-state index contributed by atoms with van der Waals surface area (Å²) in [6.07, 6.45) is 5.54. The van der Waals surface area contributed by atoms with Crippen molar-refractivity contribution in [3.8, 4) is 5.75 Å². The molecule has 3 rings (SSSR count). The molecule has 1 heterocycles. The Morgan fingerprint density at radius 2 is 1.96 bits per heavy atom. The second-order valence-electron chi connectivity index (χ2n) is 6.91. The predicted octanol–water partition coefficient (Wildman–Crippen LogP) is 2.24. The highest BCUT2D eigenvalue weighted by Crippen LogP contribution is 2.34. The summed E-state index contributed by atoms with van der Waals surface area (Å²) in [5, 5.41) is 5.67. The Kier molecular flexibility index (Phi) is 5.78. The molecule has 0 bridgehead atoms. The first-order chi connectivity index (χ1) is 13.1. The van der Waals surface area contributed by atoms with E-state index in [0.29, 0.717) is 37.4 Å². The molecule has 1 saturated heterocycles. The highest BCUT2D eigenvalue weighted by atomic mass is 16.5. The standard InChI is InChI=1S/C20H25N3O4/c1-2-14-27-16-8-6-15(7-9-16)17(24)21-12-5-13-23-18(25)20(22-19(23)26)10-3-4-11-20/h2,6-9H,1,3-5,10-14H2,(H,21,24)(H,22,26). The van der Waals surface area contributed by atoms with E-state index in [9.17, 15) is 14.4 Å². The molecule has 2 aliphatic rings. The van der Waals surface area contributed by atoms with Gasteiger partial charge in [-0.2, -0.15) is 0 Å². The summed E-state index contributed by atoms with van der Waals surface area (Å²) in [5.41, 5.74) is -0.142. The quantitative estimate of drug-likeness (QED) is 0.417. The van der Waals surface area contributed by atoms with Crippen molar-refractivity contribution in [3.05, 3.63) is 42.5 Å². The lowest BCUT2D eigenvalue weighted by atomic mass is 9.98. The minimum atomic E-state index is -0.671. The summed E-state index contributed by atoms with van der Waals surface area (Å²) in [6.45, 7) is 4.69. The molecule has 1 aliphatic heterocycles. The van der Waals surface area contributed by atoms with Gasteiger partial charge in [-0.25, -0.2) is 4.79 Å². The maximum absolute atomic E-state index is 12.5. The Morgan fingerprint density at radius 3 is 2.63 bits per heavy atom. The van der Waals surface area contributed by atoms with Crippen molar-refractivity contribution in [2.75, 3.05) is 19.7 Å². The van der Waals surface area contributed by atoms with Crippen LogP contribution >= 0.6 is 0 Å². The molecule has 7 nitrogen and oxygen atoms in total. The highest BCUT2D eigenvalue weighted by Gasteiger charge is 2.51. The first-order valence-corrected chi connectivity index (χ1v) is 9.32. The Morgan fingerprint density at radius 1 is 1.26 bits per heavy atom. The number of ether oxygens (including phenoxy) is 1. The number of carbonyl (C=O) groups excluding carboxylic acids is 3. The van der Waals surface area contributed by atoms with Gasteiger partial charge in [0.1, 0.15) is 17.9 Å². The maximum atomic E-state index is 12.5. The van der Waals surface area contributed by atoms with E-state index in [1.165, 1.54) is 4.90 Å². The average molecular weight is 371 g/mol. The molecule has 0 atom stereocenters. The van der Waals surface area contributed by atoms with E-state index in [2.05, 4.69) is 17.2 Å². The number of rotatable bonds is 8. The number of hydrogen-bond donors (Lipinski definition) is 2. The van der Waals surface area contributed by atoms with Crippen LogP contribution in [0.15, 0.2) is 36.9 Å². The van der Waals surface area contributed by atoms with Crippen molar-refractivity contribution in [1.29, 1.82) is 0 Å². The number of imide groups is 1. The van der Waals surface area contributed by atoms with Gasteiger partial charge in [0.05, 0.1) is 0 Å². The second-order valence-corrected chi connectivity index (χ2v) is 6.91. The number of nitrogens with zero attached hydrogens (tertiary/aromatic N) is 1. The van der Waals surface area contributed by atoms with Crippen LogP contribution in [0.25, 0.3) is 0 Å². The third-order valence-corrected chi connectivity index (χ3v) is 5.03. The van der Waals surface area contributed by atoms with Crippen molar-refractivity contribution >= 4 is 17.8 Å². The predicted molar refractivity (Wildman–Crippen MR) is 101 cm³/mol. The molecule has 7 heteroatoms. The van der Waals surface area contributed by atoms with E-state index in [4.69, 9.17) is 4.74 Å². The molecule has 2 fully saturated rings. The van der Waals surface area contributed by atoms with Crippen LogP contribution in [0.2, 0.25) is 0 Å². The van der Waals surface area contributed by atoms with E-state index in [1.807, 2.05) is 0 Å². The zero-order valence-electron chi connectivity index (χ0n) is 15.3. The monoisotopic (exact) mass is 371 g/mol. The van der Waals surface area contributed by atoms with Gasteiger partial charge in [-0.15, -0.1) is 0 Å². The third kappa shape index (κ3) is 4.13. The van der Waals surface area contributed by atoms with Gasteiger partial charge in [0, 0.05) is 18.7 Å². The van der Waals surface area contributed by atoms with Gasteiger partial charge in [0.25, 0.3) is 11.8 Å². The molecular weight excluding hydrogens is 346 g/mol. The summed E-state index contributed by atoms with van der Waals surface area (Å²) < 4.78 is 5.38. The number of amides is 4. The van der Waals surface area contributed by atoms with Crippen LogP contribution in [0.3, 0.4) is 0 Å². The van der Waals surface area contributed by atoms with Crippen LogP contribution in [0.1, 0.15) is 42.5 Å². The summed E-state index contributed by atoms with van der Waals surface area (Å²) in [5.74, 6) is 0.354. The SMILES string of the molecule is C=CCOc1ccc(C(=O)NCCCN2C(=O)NC3(CCCC3)C2=O)cc1. The van der Waals surface area contributed by atoms with Crippen molar-refractivity contribution < 1.29 is 19.1 Å². The Balaban J connectivity index is 1.43. The van der Waals surface area contributed by atoms with Crippen LogP contribution in [0.4, 0.5) is 4.79 Å². The fraction of sp³-hybridized carbons (Fsp3) is 0.450. The number of hydrogen-bond acceptors (Lipinski definition) is 4. The summed E-state index contributed by atoms with van der Waals surface area (Å²) >= 11 is 0. The van der Waals surface area contributed by atoms with Crippen LogP contribution in [0, 0.1) is 0 Å². The fourth-order valence-corrected chi connectivity index (χ4v) is 3.60. The molecular formula is C20H25N3O4. The van der Waals surface area contributed by atoms with Gasteiger partial charge >= 0.3 is 6.03 Å². The summed E-state index contributed by atoms with van der Waals surface area (Å²) in [7, 11) is 0. The van der Waals surface area contributed by atoms with Crippen LogP contribution in [-0.2, 0) is 4.79 Å². The van der Waals surface area contributed by atoms with E-state index < -0.39 is 5.54 Å². The van der Waals surface area contributed by atoms with Gasteiger partial charge in [0.2, 0.25) is 0 Å². The number of benzene rings is 1. The molecule has 1 aliphatic carbocycles. The largest absolute Gasteiger partial charge is 0.490 e. The van der Waals surface area contributed by atoms with E-state index in [0.717, 1.165) is 25.7 Å². The zero-order valence-corrected chi connectivity index (χ0v) is 15.3. The molecule has 0 radical (unpaired) electrons. The van der Waals surface area contributed by atoms with Crippen LogP contribution in [0.5, 0.6) is 5.75 Å². The van der Waals surface area contributed by atoms with Gasteiger partial charge in [0.15, 0.2) is 0 Å². The molecule has 27 heavy (non-hydrogen) atoms. The Labute approximate surface area is 158 Å². The maximum Gasteiger partial charge on any atom is 0.325 e. The average Bonchev–Trinajstić information content (AvgIpc) is 3.23.